The number of carboxylic acids is 1. The number of carboxylic acid groups (broad SMARTS) is 1. The van der Waals surface area contributed by atoms with E-state index in [1.807, 2.05) is 20.8 Å². The lowest BCUT2D eigenvalue weighted by Gasteiger charge is -2.25. The predicted molar refractivity (Wildman–Crippen MR) is 107 cm³/mol. The van der Waals surface area contributed by atoms with Gasteiger partial charge in [0.15, 0.2) is 0 Å². The zero-order chi connectivity index (χ0) is 21.6. The Morgan fingerprint density at radius 1 is 0.931 bits per heavy atom. The summed E-state index contributed by atoms with van der Waals surface area (Å²) in [5.74, 6) is -1.98. The van der Waals surface area contributed by atoms with Crippen molar-refractivity contribution in [1.29, 1.82) is 0 Å². The number of ether oxygens (including phenoxy) is 3. The highest BCUT2D eigenvalue weighted by Crippen LogP contribution is 2.31. The molecule has 0 radical (unpaired) electrons. The quantitative estimate of drug-likeness (QED) is 0.500. The molecule has 0 aromatic rings. The topological polar surface area (TPSA) is 102 Å². The summed E-state index contributed by atoms with van der Waals surface area (Å²) < 4.78 is 17.6. The first-order chi connectivity index (χ1) is 13.7. The minimum Gasteiger partial charge on any atom is -0.481 e. The molecule has 0 aromatic heterocycles. The van der Waals surface area contributed by atoms with Gasteiger partial charge in [0, 0.05) is 6.42 Å². The third-order valence-corrected chi connectivity index (χ3v) is 6.43. The molecular formula is C22H38O7. The average Bonchev–Trinajstić information content (AvgIpc) is 3.35. The minimum atomic E-state index is -0.843. The van der Waals surface area contributed by atoms with Crippen LogP contribution in [0.25, 0.3) is 0 Å². The molecule has 29 heavy (non-hydrogen) atoms. The van der Waals surface area contributed by atoms with Crippen LogP contribution in [0.5, 0.6) is 0 Å². The average molecular weight is 415 g/mol. The van der Waals surface area contributed by atoms with Gasteiger partial charge in [-0.25, -0.2) is 0 Å². The zero-order valence-corrected chi connectivity index (χ0v) is 18.2. The van der Waals surface area contributed by atoms with Crippen LogP contribution in [0.15, 0.2) is 0 Å². The maximum atomic E-state index is 12.6. The fourth-order valence-electron chi connectivity index (χ4n) is 4.19. The molecule has 2 N–H and O–H groups in total. The van der Waals surface area contributed by atoms with Gasteiger partial charge in [0.1, 0.15) is 6.10 Å². The molecule has 0 amide bonds. The Morgan fingerprint density at radius 2 is 1.48 bits per heavy atom. The largest absolute Gasteiger partial charge is 0.481 e. The Kier molecular flexibility index (Phi) is 9.37. The number of carbonyl (C=O) groups is 2. The fourth-order valence-corrected chi connectivity index (χ4v) is 4.19. The van der Waals surface area contributed by atoms with Crippen LogP contribution in [0.4, 0.5) is 0 Å². The Hall–Kier alpha value is -1.18. The normalized spacial score (nSPS) is 31.2. The Morgan fingerprint density at radius 3 is 2.00 bits per heavy atom. The van der Waals surface area contributed by atoms with E-state index in [2.05, 4.69) is 0 Å². The van der Waals surface area contributed by atoms with E-state index in [0.29, 0.717) is 25.7 Å². The van der Waals surface area contributed by atoms with Crippen molar-refractivity contribution in [3.8, 4) is 0 Å². The van der Waals surface area contributed by atoms with Crippen molar-refractivity contribution in [1.82, 2.24) is 0 Å². The Balaban J connectivity index is 1.78. The smallest absolute Gasteiger partial charge is 0.311 e. The molecule has 2 rings (SSSR count). The van der Waals surface area contributed by atoms with Crippen LogP contribution in [0.3, 0.4) is 0 Å². The van der Waals surface area contributed by atoms with Crippen LogP contribution >= 0.6 is 0 Å². The second-order valence-corrected chi connectivity index (χ2v) is 8.66. The van der Waals surface area contributed by atoms with Gasteiger partial charge >= 0.3 is 11.9 Å². The van der Waals surface area contributed by atoms with Crippen LogP contribution in [-0.2, 0) is 23.8 Å². The monoisotopic (exact) mass is 414 g/mol. The second-order valence-electron chi connectivity index (χ2n) is 8.66. The standard InChI is InChI=1S/C22H38O7/c1-5-15(23)11-17-7-10-20(27-17)14(4)22(26)29-16(6-2)12-18-8-9-19(28-18)13(3)21(24)25/h13-20,23H,5-12H2,1-4H3,(H,24,25)/t13-,14+,15-,16+,17-,18+,19-,20+/m1/s1. The van der Waals surface area contributed by atoms with Crippen molar-refractivity contribution in [2.24, 2.45) is 11.8 Å². The number of aliphatic carboxylic acids is 1. The summed E-state index contributed by atoms with van der Waals surface area (Å²) in [6.07, 6.45) is 4.66. The molecule has 8 atom stereocenters. The molecule has 0 spiro atoms. The van der Waals surface area contributed by atoms with Gasteiger partial charge in [-0.2, -0.15) is 0 Å². The molecule has 168 valence electrons. The van der Waals surface area contributed by atoms with Crippen molar-refractivity contribution in [3.05, 3.63) is 0 Å². The van der Waals surface area contributed by atoms with Crippen molar-refractivity contribution >= 4 is 11.9 Å². The lowest BCUT2D eigenvalue weighted by atomic mass is 10.00. The van der Waals surface area contributed by atoms with Crippen molar-refractivity contribution in [3.63, 3.8) is 0 Å². The van der Waals surface area contributed by atoms with Gasteiger partial charge in [-0.15, -0.1) is 0 Å². The summed E-state index contributed by atoms with van der Waals surface area (Å²) >= 11 is 0. The molecule has 2 aliphatic heterocycles. The van der Waals surface area contributed by atoms with Crippen LogP contribution < -0.4 is 0 Å². The highest BCUT2D eigenvalue weighted by Gasteiger charge is 2.37. The van der Waals surface area contributed by atoms with Crippen LogP contribution in [-0.4, -0.2) is 58.8 Å². The molecule has 0 bridgehead atoms. The lowest BCUT2D eigenvalue weighted by Crippen LogP contribution is -2.33. The molecular weight excluding hydrogens is 376 g/mol. The van der Waals surface area contributed by atoms with Gasteiger partial charge in [-0.05, 0) is 58.8 Å². The summed E-state index contributed by atoms with van der Waals surface area (Å²) in [5.41, 5.74) is 0. The number of aliphatic hydroxyl groups is 1. The van der Waals surface area contributed by atoms with E-state index in [9.17, 15) is 14.7 Å². The van der Waals surface area contributed by atoms with Gasteiger partial charge in [0.2, 0.25) is 0 Å². The first-order valence-electron chi connectivity index (χ1n) is 11.2. The van der Waals surface area contributed by atoms with Crippen molar-refractivity contribution in [2.45, 2.75) is 116 Å². The minimum absolute atomic E-state index is 0.00668. The molecule has 2 saturated heterocycles. The van der Waals surface area contributed by atoms with E-state index in [1.165, 1.54) is 0 Å². The molecule has 0 aliphatic carbocycles. The molecule has 7 nitrogen and oxygen atoms in total. The second kappa shape index (κ2) is 11.3. The van der Waals surface area contributed by atoms with E-state index in [1.54, 1.807) is 6.92 Å². The molecule has 7 heteroatoms. The summed E-state index contributed by atoms with van der Waals surface area (Å²) in [4.78, 5) is 23.8. The highest BCUT2D eigenvalue weighted by atomic mass is 16.6. The molecule has 2 fully saturated rings. The first kappa shape index (κ1) is 24.1. The number of hydrogen-bond donors (Lipinski definition) is 2. The first-order valence-corrected chi connectivity index (χ1v) is 11.2. The van der Waals surface area contributed by atoms with E-state index < -0.39 is 11.9 Å². The fraction of sp³-hybridized carbons (Fsp3) is 0.909. The summed E-state index contributed by atoms with van der Waals surface area (Å²) in [5, 5.41) is 19.0. The number of rotatable bonds is 11. The SMILES string of the molecule is CC[C@@H](O)C[C@H]1CC[C@@H]([C@H](C)C(=O)O[C@@H](CC)C[C@@H]2CC[C@H]([C@@H](C)C(=O)O)O2)O1. The van der Waals surface area contributed by atoms with Gasteiger partial charge < -0.3 is 24.4 Å². The van der Waals surface area contributed by atoms with E-state index in [0.717, 1.165) is 25.7 Å². The van der Waals surface area contributed by atoms with E-state index >= 15 is 0 Å². The summed E-state index contributed by atoms with van der Waals surface area (Å²) in [6.45, 7) is 7.43. The summed E-state index contributed by atoms with van der Waals surface area (Å²) in [6, 6.07) is 0. The van der Waals surface area contributed by atoms with Gasteiger partial charge in [0.05, 0.1) is 42.4 Å². The van der Waals surface area contributed by atoms with Crippen molar-refractivity contribution < 1.29 is 34.0 Å². The maximum Gasteiger partial charge on any atom is 0.311 e. The van der Waals surface area contributed by atoms with Crippen molar-refractivity contribution in [2.75, 3.05) is 0 Å². The van der Waals surface area contributed by atoms with Gasteiger partial charge in [0.25, 0.3) is 0 Å². The predicted octanol–water partition coefficient (Wildman–Crippen LogP) is 3.31. The Bertz CT molecular complexity index is 537. The van der Waals surface area contributed by atoms with Gasteiger partial charge in [-0.1, -0.05) is 13.8 Å². The van der Waals surface area contributed by atoms with Crippen LogP contribution in [0, 0.1) is 11.8 Å². The lowest BCUT2D eigenvalue weighted by molar-refractivity contribution is -0.160. The third-order valence-electron chi connectivity index (χ3n) is 6.43. The molecule has 2 aliphatic rings. The number of esters is 1. The van der Waals surface area contributed by atoms with Crippen LogP contribution in [0.2, 0.25) is 0 Å². The maximum absolute atomic E-state index is 12.6. The Labute approximate surface area is 174 Å². The molecule has 0 saturated carbocycles. The molecule has 0 unspecified atom stereocenters. The van der Waals surface area contributed by atoms with Gasteiger partial charge in [-0.3, -0.25) is 9.59 Å². The molecule has 0 aromatic carbocycles. The number of aliphatic hydroxyl groups excluding tert-OH is 1. The number of hydrogen-bond acceptors (Lipinski definition) is 6. The van der Waals surface area contributed by atoms with E-state index in [4.69, 9.17) is 19.3 Å². The molecule has 2 heterocycles. The highest BCUT2D eigenvalue weighted by molar-refractivity contribution is 5.73. The van der Waals surface area contributed by atoms with E-state index in [-0.39, 0.29) is 48.5 Å². The third kappa shape index (κ3) is 6.93. The van der Waals surface area contributed by atoms with Crippen LogP contribution in [0.1, 0.15) is 79.1 Å². The number of carbonyl (C=O) groups excluding carboxylic acids is 1. The zero-order valence-electron chi connectivity index (χ0n) is 18.2. The summed E-state index contributed by atoms with van der Waals surface area (Å²) in [7, 11) is 0.